The third kappa shape index (κ3) is 2.69. The molecular formula is C28H40. The molecule has 8 unspecified atom stereocenters. The highest BCUT2D eigenvalue weighted by Gasteiger charge is 2.56. The van der Waals surface area contributed by atoms with E-state index in [0.29, 0.717) is 11.3 Å². The van der Waals surface area contributed by atoms with Gasteiger partial charge in [-0.25, -0.2) is 0 Å². The SMILES string of the molecule is CC1=Cc2ccccc2C1C(C)(C)C1C(C)CC2C(C)C3CCCCC3CC21. The van der Waals surface area contributed by atoms with Gasteiger partial charge in [0.05, 0.1) is 0 Å². The minimum absolute atomic E-state index is 0.341. The molecule has 1 aromatic rings. The van der Waals surface area contributed by atoms with Crippen LogP contribution in [0.3, 0.4) is 0 Å². The van der Waals surface area contributed by atoms with Gasteiger partial charge in [-0.3, -0.25) is 0 Å². The van der Waals surface area contributed by atoms with Gasteiger partial charge in [0.1, 0.15) is 0 Å². The lowest BCUT2D eigenvalue weighted by Crippen LogP contribution is -2.43. The molecule has 0 aromatic heterocycles. The van der Waals surface area contributed by atoms with Crippen LogP contribution in [-0.2, 0) is 0 Å². The van der Waals surface area contributed by atoms with Crippen molar-refractivity contribution in [3.05, 3.63) is 41.0 Å². The summed E-state index contributed by atoms with van der Waals surface area (Å²) in [5.74, 6) is 7.31. The predicted molar refractivity (Wildman–Crippen MR) is 120 cm³/mol. The van der Waals surface area contributed by atoms with Gasteiger partial charge in [0, 0.05) is 5.92 Å². The van der Waals surface area contributed by atoms with E-state index in [-0.39, 0.29) is 0 Å². The molecule has 0 saturated heterocycles. The monoisotopic (exact) mass is 376 g/mol. The summed E-state index contributed by atoms with van der Waals surface area (Å²) in [5, 5.41) is 0. The number of hydrogen-bond acceptors (Lipinski definition) is 0. The molecule has 3 fully saturated rings. The normalized spacial score (nSPS) is 42.5. The fraction of sp³-hybridized carbons (Fsp3) is 0.714. The highest BCUT2D eigenvalue weighted by Crippen LogP contribution is 2.64. The fourth-order valence-corrected chi connectivity index (χ4v) is 9.20. The first-order valence-electron chi connectivity index (χ1n) is 12.2. The molecule has 0 N–H and O–H groups in total. The average molecular weight is 377 g/mol. The highest BCUT2D eigenvalue weighted by atomic mass is 14.6. The molecule has 0 nitrogen and oxygen atoms in total. The van der Waals surface area contributed by atoms with Crippen molar-refractivity contribution in [1.29, 1.82) is 0 Å². The molecule has 28 heavy (non-hydrogen) atoms. The van der Waals surface area contributed by atoms with Gasteiger partial charge < -0.3 is 0 Å². The van der Waals surface area contributed by atoms with Gasteiger partial charge in [-0.1, -0.05) is 82.9 Å². The second-order valence-corrected chi connectivity index (χ2v) is 11.6. The van der Waals surface area contributed by atoms with Gasteiger partial charge >= 0.3 is 0 Å². The van der Waals surface area contributed by atoms with E-state index in [1.54, 1.807) is 11.1 Å². The zero-order valence-corrected chi connectivity index (χ0v) is 18.7. The summed E-state index contributed by atoms with van der Waals surface area (Å²) in [6.07, 6.45) is 11.5. The Hall–Kier alpha value is -1.04. The number of rotatable bonds is 2. The number of benzene rings is 1. The van der Waals surface area contributed by atoms with Crippen molar-refractivity contribution >= 4 is 6.08 Å². The molecule has 1 aromatic carbocycles. The summed E-state index contributed by atoms with van der Waals surface area (Å²) in [6.45, 7) is 12.9. The first-order valence-corrected chi connectivity index (χ1v) is 12.2. The van der Waals surface area contributed by atoms with Gasteiger partial charge in [0.15, 0.2) is 0 Å². The van der Waals surface area contributed by atoms with Crippen molar-refractivity contribution in [2.45, 2.75) is 79.1 Å². The van der Waals surface area contributed by atoms with Crippen molar-refractivity contribution in [3.63, 3.8) is 0 Å². The average Bonchev–Trinajstić information content (AvgIpc) is 3.18. The third-order valence-corrected chi connectivity index (χ3v) is 9.91. The standard InChI is InChI=1S/C28H40/c1-17-14-20-10-7-9-13-23(20)26(17)28(4,5)27-18(2)15-24-19(3)22-12-8-6-11-21(22)16-25(24)27/h7,9-10,13-14,18-19,21-22,24-27H,6,8,11-12,15-16H2,1-5H3. The second-order valence-electron chi connectivity index (χ2n) is 11.6. The lowest BCUT2D eigenvalue weighted by Gasteiger charge is -2.51. The van der Waals surface area contributed by atoms with E-state index in [2.05, 4.69) is 65.0 Å². The summed E-state index contributed by atoms with van der Waals surface area (Å²) >= 11 is 0. The molecule has 4 aliphatic carbocycles. The van der Waals surface area contributed by atoms with Crippen LogP contribution in [0.25, 0.3) is 6.08 Å². The van der Waals surface area contributed by atoms with Crippen molar-refractivity contribution < 1.29 is 0 Å². The Morgan fingerprint density at radius 1 is 0.893 bits per heavy atom. The second kappa shape index (κ2) is 6.75. The summed E-state index contributed by atoms with van der Waals surface area (Å²) < 4.78 is 0. The lowest BCUT2D eigenvalue weighted by atomic mass is 9.54. The summed E-state index contributed by atoms with van der Waals surface area (Å²) in [4.78, 5) is 0. The van der Waals surface area contributed by atoms with Crippen molar-refractivity contribution in [2.24, 2.45) is 46.8 Å². The maximum absolute atomic E-state index is 2.64. The molecule has 4 aliphatic rings. The Morgan fingerprint density at radius 2 is 1.64 bits per heavy atom. The maximum atomic E-state index is 2.64. The highest BCUT2D eigenvalue weighted by molar-refractivity contribution is 5.66. The van der Waals surface area contributed by atoms with Crippen LogP contribution in [0.5, 0.6) is 0 Å². The first-order chi connectivity index (χ1) is 13.4. The molecule has 152 valence electrons. The molecule has 3 saturated carbocycles. The van der Waals surface area contributed by atoms with E-state index in [1.165, 1.54) is 44.1 Å². The van der Waals surface area contributed by atoms with E-state index in [0.717, 1.165) is 41.4 Å². The molecule has 0 bridgehead atoms. The molecule has 0 aliphatic heterocycles. The van der Waals surface area contributed by atoms with Crippen molar-refractivity contribution in [3.8, 4) is 0 Å². The zero-order valence-electron chi connectivity index (χ0n) is 18.7. The van der Waals surface area contributed by atoms with Gasteiger partial charge in [0.25, 0.3) is 0 Å². The minimum atomic E-state index is 0.341. The van der Waals surface area contributed by atoms with E-state index in [4.69, 9.17) is 0 Å². The fourth-order valence-electron chi connectivity index (χ4n) is 9.20. The smallest absolute Gasteiger partial charge is 0.0109 e. The van der Waals surface area contributed by atoms with Gasteiger partial charge in [-0.2, -0.15) is 0 Å². The minimum Gasteiger partial charge on any atom is -0.0647 e. The largest absolute Gasteiger partial charge is 0.0647 e. The Morgan fingerprint density at radius 3 is 2.46 bits per heavy atom. The topological polar surface area (TPSA) is 0 Å². The van der Waals surface area contributed by atoms with E-state index in [9.17, 15) is 0 Å². The van der Waals surface area contributed by atoms with E-state index >= 15 is 0 Å². The molecule has 0 spiro atoms. The number of hydrogen-bond donors (Lipinski definition) is 0. The molecule has 0 amide bonds. The quantitative estimate of drug-likeness (QED) is 0.491. The molecule has 5 rings (SSSR count). The Bertz CT molecular complexity index is 768. The van der Waals surface area contributed by atoms with Crippen LogP contribution in [0.2, 0.25) is 0 Å². The van der Waals surface area contributed by atoms with Crippen LogP contribution in [-0.4, -0.2) is 0 Å². The predicted octanol–water partition coefficient (Wildman–Crippen LogP) is 7.95. The maximum Gasteiger partial charge on any atom is 0.0109 e. The van der Waals surface area contributed by atoms with Crippen molar-refractivity contribution in [2.75, 3.05) is 0 Å². The molecule has 0 radical (unpaired) electrons. The van der Waals surface area contributed by atoms with Crippen LogP contribution >= 0.6 is 0 Å². The summed E-state index contributed by atoms with van der Waals surface area (Å²) in [5.41, 5.74) is 5.01. The summed E-state index contributed by atoms with van der Waals surface area (Å²) in [6, 6.07) is 9.19. The zero-order chi connectivity index (χ0) is 19.6. The lowest BCUT2D eigenvalue weighted by molar-refractivity contribution is -0.00633. The van der Waals surface area contributed by atoms with E-state index in [1.807, 2.05) is 0 Å². The van der Waals surface area contributed by atoms with Crippen LogP contribution < -0.4 is 0 Å². The summed E-state index contributed by atoms with van der Waals surface area (Å²) in [7, 11) is 0. The Balaban J connectivity index is 1.49. The Kier molecular flexibility index (Phi) is 4.57. The van der Waals surface area contributed by atoms with Crippen molar-refractivity contribution in [1.82, 2.24) is 0 Å². The third-order valence-electron chi connectivity index (χ3n) is 9.91. The van der Waals surface area contributed by atoms with Gasteiger partial charge in [0.2, 0.25) is 0 Å². The van der Waals surface area contributed by atoms with Crippen LogP contribution in [0.4, 0.5) is 0 Å². The first kappa shape index (κ1) is 19.0. The van der Waals surface area contributed by atoms with Crippen LogP contribution in [0.15, 0.2) is 29.8 Å². The molecular weight excluding hydrogens is 336 g/mol. The van der Waals surface area contributed by atoms with Gasteiger partial charge in [-0.15, -0.1) is 0 Å². The van der Waals surface area contributed by atoms with Gasteiger partial charge in [-0.05, 0) is 84.2 Å². The number of allylic oxidation sites excluding steroid dienone is 1. The molecule has 8 atom stereocenters. The van der Waals surface area contributed by atoms with Crippen LogP contribution in [0.1, 0.15) is 90.2 Å². The number of fused-ring (bicyclic) bond motifs is 3. The molecule has 0 heteroatoms. The van der Waals surface area contributed by atoms with E-state index < -0.39 is 0 Å². The molecule has 0 heterocycles. The van der Waals surface area contributed by atoms with Crippen LogP contribution in [0, 0.1) is 46.8 Å². The Labute approximate surface area is 173 Å².